The lowest BCUT2D eigenvalue weighted by Gasteiger charge is -2.33. The van der Waals surface area contributed by atoms with Gasteiger partial charge in [0.05, 0.1) is 6.61 Å². The fraction of sp³-hybridized carbons (Fsp3) is 0.579. The van der Waals surface area contributed by atoms with E-state index in [0.717, 1.165) is 13.2 Å². The van der Waals surface area contributed by atoms with Gasteiger partial charge in [-0.1, -0.05) is 18.2 Å². The molecule has 1 saturated heterocycles. The van der Waals surface area contributed by atoms with Gasteiger partial charge in [-0.3, -0.25) is 0 Å². The Kier molecular flexibility index (Phi) is 3.93. The van der Waals surface area contributed by atoms with Gasteiger partial charge in [-0.15, -0.1) is 0 Å². The summed E-state index contributed by atoms with van der Waals surface area (Å²) in [6, 6.07) is 9.70. The van der Waals surface area contributed by atoms with Crippen LogP contribution in [0, 0.1) is 5.92 Å². The fourth-order valence-corrected chi connectivity index (χ4v) is 4.20. The minimum Gasteiger partial charge on any atom is -0.381 e. The third kappa shape index (κ3) is 2.57. The summed E-state index contributed by atoms with van der Waals surface area (Å²) in [6.07, 6.45) is 6.22. The molecule has 2 N–H and O–H groups in total. The van der Waals surface area contributed by atoms with Crippen molar-refractivity contribution in [1.82, 2.24) is 10.3 Å². The molecule has 2 aromatic rings. The third-order valence-electron chi connectivity index (χ3n) is 5.48. The first-order valence-corrected chi connectivity index (χ1v) is 8.76. The van der Waals surface area contributed by atoms with Crippen LogP contribution in [0.25, 0.3) is 10.9 Å². The number of aryl methyl sites for hydroxylation is 1. The van der Waals surface area contributed by atoms with Crippen molar-refractivity contribution in [3.8, 4) is 0 Å². The highest BCUT2D eigenvalue weighted by Crippen LogP contribution is 2.35. The van der Waals surface area contributed by atoms with Crippen LogP contribution in [0.2, 0.25) is 0 Å². The van der Waals surface area contributed by atoms with Gasteiger partial charge in [-0.2, -0.15) is 0 Å². The van der Waals surface area contributed by atoms with Crippen molar-refractivity contribution in [2.24, 2.45) is 5.92 Å². The normalized spacial score (nSPS) is 26.8. The minimum absolute atomic E-state index is 0.466. The molecular weight excluding hydrogens is 272 g/mol. The lowest BCUT2D eigenvalue weighted by Crippen LogP contribution is -2.41. The summed E-state index contributed by atoms with van der Waals surface area (Å²) in [5, 5.41) is 5.31. The predicted molar refractivity (Wildman–Crippen MR) is 90.1 cm³/mol. The molecule has 1 aliphatic carbocycles. The quantitative estimate of drug-likeness (QED) is 0.900. The molecule has 3 atom stereocenters. The van der Waals surface area contributed by atoms with E-state index in [1.807, 2.05) is 0 Å². The molecule has 4 rings (SSSR count). The van der Waals surface area contributed by atoms with Gasteiger partial charge in [-0.25, -0.2) is 0 Å². The van der Waals surface area contributed by atoms with Crippen LogP contribution in [0.4, 0.5) is 0 Å². The Labute approximate surface area is 132 Å². The van der Waals surface area contributed by atoms with Crippen molar-refractivity contribution >= 4 is 10.9 Å². The van der Waals surface area contributed by atoms with Crippen LogP contribution < -0.4 is 5.32 Å². The largest absolute Gasteiger partial charge is 0.381 e. The molecule has 0 radical (unpaired) electrons. The number of aromatic nitrogens is 1. The zero-order valence-corrected chi connectivity index (χ0v) is 13.4. The van der Waals surface area contributed by atoms with E-state index < -0.39 is 0 Å². The number of aromatic amines is 1. The zero-order valence-electron chi connectivity index (χ0n) is 13.4. The number of rotatable bonds is 3. The molecule has 1 aromatic heterocycles. The number of ether oxygens (including phenoxy) is 1. The number of hydrogen-bond acceptors (Lipinski definition) is 2. The first-order valence-electron chi connectivity index (χ1n) is 8.76. The van der Waals surface area contributed by atoms with Crippen LogP contribution in [0.1, 0.15) is 49.9 Å². The fourth-order valence-electron chi connectivity index (χ4n) is 4.20. The van der Waals surface area contributed by atoms with E-state index in [-0.39, 0.29) is 0 Å². The van der Waals surface area contributed by atoms with Gasteiger partial charge < -0.3 is 15.0 Å². The number of H-pyrrole nitrogens is 1. The van der Waals surface area contributed by atoms with E-state index in [0.29, 0.717) is 18.0 Å². The zero-order chi connectivity index (χ0) is 14.9. The summed E-state index contributed by atoms with van der Waals surface area (Å²) in [6.45, 7) is 4.19. The first-order chi connectivity index (χ1) is 10.8. The van der Waals surface area contributed by atoms with Crippen LogP contribution in [0.15, 0.2) is 24.3 Å². The summed E-state index contributed by atoms with van der Waals surface area (Å²) in [7, 11) is 0. The van der Waals surface area contributed by atoms with Gasteiger partial charge in [0.15, 0.2) is 0 Å². The second-order valence-electron chi connectivity index (χ2n) is 6.94. The predicted octanol–water partition coefficient (Wildman–Crippen LogP) is 3.95. The molecule has 22 heavy (non-hydrogen) atoms. The Hall–Kier alpha value is -1.32. The topological polar surface area (TPSA) is 37.0 Å². The number of para-hydroxylation sites is 1. The maximum absolute atomic E-state index is 5.66. The van der Waals surface area contributed by atoms with Crippen molar-refractivity contribution in [3.63, 3.8) is 0 Å². The summed E-state index contributed by atoms with van der Waals surface area (Å²) in [4.78, 5) is 3.68. The highest BCUT2D eigenvalue weighted by molar-refractivity contribution is 5.85. The van der Waals surface area contributed by atoms with Gasteiger partial charge in [0.1, 0.15) is 0 Å². The Balaban J connectivity index is 1.56. The highest BCUT2D eigenvalue weighted by Gasteiger charge is 2.28. The van der Waals surface area contributed by atoms with Crippen LogP contribution in [0.3, 0.4) is 0 Å². The van der Waals surface area contributed by atoms with E-state index in [1.54, 1.807) is 0 Å². The van der Waals surface area contributed by atoms with Crippen LogP contribution in [-0.2, 0) is 11.2 Å². The monoisotopic (exact) mass is 298 g/mol. The molecule has 2 aliphatic rings. The van der Waals surface area contributed by atoms with Crippen molar-refractivity contribution < 1.29 is 4.74 Å². The molecule has 0 saturated carbocycles. The second kappa shape index (κ2) is 6.05. The Bertz CT molecular complexity index is 642. The van der Waals surface area contributed by atoms with E-state index in [1.165, 1.54) is 54.3 Å². The van der Waals surface area contributed by atoms with Crippen LogP contribution in [-0.4, -0.2) is 24.2 Å². The van der Waals surface area contributed by atoms with Crippen molar-refractivity contribution in [2.75, 3.05) is 13.2 Å². The smallest absolute Gasteiger partial charge is 0.0509 e. The Morgan fingerprint density at radius 1 is 1.23 bits per heavy atom. The summed E-state index contributed by atoms with van der Waals surface area (Å²) in [5.41, 5.74) is 4.25. The van der Waals surface area contributed by atoms with E-state index >= 15 is 0 Å². The Morgan fingerprint density at radius 2 is 2.14 bits per heavy atom. The van der Waals surface area contributed by atoms with Crippen LogP contribution in [0.5, 0.6) is 0 Å². The van der Waals surface area contributed by atoms with Gasteiger partial charge >= 0.3 is 0 Å². The summed E-state index contributed by atoms with van der Waals surface area (Å²) in [5.74, 6) is 0.656. The molecule has 0 amide bonds. The maximum Gasteiger partial charge on any atom is 0.0509 e. The van der Waals surface area contributed by atoms with Gasteiger partial charge in [0.25, 0.3) is 0 Å². The summed E-state index contributed by atoms with van der Waals surface area (Å²) < 4.78 is 5.66. The maximum atomic E-state index is 5.66. The number of fused-ring (bicyclic) bond motifs is 3. The van der Waals surface area contributed by atoms with E-state index in [2.05, 4.69) is 41.5 Å². The first kappa shape index (κ1) is 14.3. The molecule has 118 valence electrons. The van der Waals surface area contributed by atoms with Crippen LogP contribution >= 0.6 is 0 Å². The second-order valence-corrected chi connectivity index (χ2v) is 6.94. The molecule has 1 fully saturated rings. The van der Waals surface area contributed by atoms with Crippen molar-refractivity contribution in [2.45, 2.75) is 51.1 Å². The molecular formula is C19H26N2O. The number of hydrogen-bond donors (Lipinski definition) is 2. The van der Waals surface area contributed by atoms with Crippen molar-refractivity contribution in [3.05, 3.63) is 35.5 Å². The molecule has 2 heterocycles. The van der Waals surface area contributed by atoms with E-state index in [9.17, 15) is 0 Å². The van der Waals surface area contributed by atoms with Gasteiger partial charge in [0, 0.05) is 35.3 Å². The number of benzene rings is 1. The lowest BCUT2D eigenvalue weighted by molar-refractivity contribution is 0.0397. The Morgan fingerprint density at radius 3 is 3.00 bits per heavy atom. The molecule has 0 bridgehead atoms. The third-order valence-corrected chi connectivity index (χ3v) is 5.48. The molecule has 0 spiro atoms. The molecule has 3 unspecified atom stereocenters. The average molecular weight is 298 g/mol. The molecule has 1 aromatic carbocycles. The molecule has 3 heteroatoms. The lowest BCUT2D eigenvalue weighted by atomic mass is 9.89. The molecule has 3 nitrogen and oxygen atoms in total. The van der Waals surface area contributed by atoms with Crippen molar-refractivity contribution in [1.29, 1.82) is 0 Å². The number of nitrogens with one attached hydrogen (secondary N) is 2. The average Bonchev–Trinajstić information content (AvgIpc) is 2.95. The minimum atomic E-state index is 0.466. The van der Waals surface area contributed by atoms with E-state index in [4.69, 9.17) is 4.74 Å². The molecule has 1 aliphatic heterocycles. The standard InChI is InChI=1S/C19H26N2O/c1-13(14-6-5-11-22-12-14)20-18-10-4-8-16-15-7-2-3-9-17(15)21-19(16)18/h2-3,7,9,13-14,18,20-21H,4-6,8,10-12H2,1H3. The summed E-state index contributed by atoms with van der Waals surface area (Å²) >= 11 is 0. The van der Waals surface area contributed by atoms with Gasteiger partial charge in [0.2, 0.25) is 0 Å². The highest BCUT2D eigenvalue weighted by atomic mass is 16.5. The SMILES string of the molecule is CC(NC1CCCc2c1[nH]c1ccccc21)C1CCCOC1. The van der Waals surface area contributed by atoms with Gasteiger partial charge in [-0.05, 0) is 56.6 Å².